The van der Waals surface area contributed by atoms with Crippen molar-refractivity contribution in [2.45, 2.75) is 58.4 Å². The molecule has 6 rings (SSSR count). The Kier molecular flexibility index (Phi) is 9.00. The van der Waals surface area contributed by atoms with Crippen molar-refractivity contribution in [2.75, 3.05) is 42.9 Å². The maximum absolute atomic E-state index is 15.8. The molecular formula is C34H38F2N6O5. The van der Waals surface area contributed by atoms with Crippen LogP contribution in [-0.2, 0) is 13.0 Å². The number of aromatic carboxylic acids is 1. The number of aromatic nitrogens is 3. The van der Waals surface area contributed by atoms with Crippen molar-refractivity contribution in [2.24, 2.45) is 0 Å². The number of hydrogen-bond acceptors (Lipinski definition) is 7. The molecule has 13 heteroatoms. The largest absolute Gasteiger partial charge is 0.477 e. The summed E-state index contributed by atoms with van der Waals surface area (Å²) in [5, 5.41) is 12.4. The highest BCUT2D eigenvalue weighted by atomic mass is 19.1. The average Bonchev–Trinajstić information content (AvgIpc) is 3.88. The zero-order valence-electron chi connectivity index (χ0n) is 26.4. The second kappa shape index (κ2) is 13.1. The molecule has 1 saturated carbocycles. The van der Waals surface area contributed by atoms with Gasteiger partial charge in [-0.1, -0.05) is 13.0 Å². The summed E-state index contributed by atoms with van der Waals surface area (Å²) in [4.78, 5) is 59.5. The normalized spacial score (nSPS) is 15.4. The van der Waals surface area contributed by atoms with Gasteiger partial charge in [-0.3, -0.25) is 24.0 Å². The molecule has 248 valence electrons. The van der Waals surface area contributed by atoms with Gasteiger partial charge in [-0.25, -0.2) is 18.4 Å². The van der Waals surface area contributed by atoms with Crippen LogP contribution in [0.15, 0.2) is 44.7 Å². The summed E-state index contributed by atoms with van der Waals surface area (Å²) < 4.78 is 32.2. The fourth-order valence-electron chi connectivity index (χ4n) is 6.43. The number of nitrogens with one attached hydrogen (secondary N) is 3. The SMILES string of the molecule is CCc1cc(Nc2cc(=O)n(CCCCN3CCN(c4c(F)cc5c(=O)c(C(=O)O)c(C6CC6)[nH]c5c4F)CC3)c(=O)[nH]2)ccc1C. The smallest absolute Gasteiger partial charge is 0.341 e. The third-order valence-corrected chi connectivity index (χ3v) is 9.22. The zero-order chi connectivity index (χ0) is 33.4. The lowest BCUT2D eigenvalue weighted by Crippen LogP contribution is -2.47. The van der Waals surface area contributed by atoms with E-state index in [4.69, 9.17) is 0 Å². The van der Waals surface area contributed by atoms with Gasteiger partial charge in [-0.2, -0.15) is 0 Å². The highest BCUT2D eigenvalue weighted by Gasteiger charge is 2.33. The fraction of sp³-hybridized carbons (Fsp3) is 0.412. The number of aromatic amines is 2. The van der Waals surface area contributed by atoms with E-state index < -0.39 is 39.8 Å². The van der Waals surface area contributed by atoms with Gasteiger partial charge in [0.15, 0.2) is 5.82 Å². The van der Waals surface area contributed by atoms with Gasteiger partial charge >= 0.3 is 11.7 Å². The summed E-state index contributed by atoms with van der Waals surface area (Å²) in [6.45, 7) is 6.83. The Morgan fingerprint density at radius 1 is 1.00 bits per heavy atom. The summed E-state index contributed by atoms with van der Waals surface area (Å²) >= 11 is 0. The highest BCUT2D eigenvalue weighted by molar-refractivity contribution is 5.95. The number of anilines is 3. The van der Waals surface area contributed by atoms with E-state index in [1.807, 2.05) is 25.1 Å². The minimum Gasteiger partial charge on any atom is -0.477 e. The second-order valence-electron chi connectivity index (χ2n) is 12.4. The van der Waals surface area contributed by atoms with Gasteiger partial charge in [-0.15, -0.1) is 0 Å². The molecule has 2 aromatic heterocycles. The zero-order valence-corrected chi connectivity index (χ0v) is 26.4. The van der Waals surface area contributed by atoms with Crippen LogP contribution in [-0.4, -0.2) is 63.2 Å². The minimum absolute atomic E-state index is 0.152. The number of aryl methyl sites for hydroxylation is 2. The summed E-state index contributed by atoms with van der Waals surface area (Å²) in [7, 11) is 0. The Hall–Kier alpha value is -4.78. The number of halogens is 2. The quantitative estimate of drug-likeness (QED) is 0.175. The predicted octanol–water partition coefficient (Wildman–Crippen LogP) is 4.45. The number of H-pyrrole nitrogens is 2. The lowest BCUT2D eigenvalue weighted by atomic mass is 10.0. The van der Waals surface area contributed by atoms with E-state index in [9.17, 15) is 24.3 Å². The van der Waals surface area contributed by atoms with E-state index in [2.05, 4.69) is 27.1 Å². The predicted molar refractivity (Wildman–Crippen MR) is 176 cm³/mol. The molecule has 0 unspecified atom stereocenters. The molecule has 4 aromatic rings. The molecule has 0 amide bonds. The molecule has 2 fully saturated rings. The number of fused-ring (bicyclic) bond motifs is 1. The summed E-state index contributed by atoms with van der Waals surface area (Å²) in [6.07, 6.45) is 3.58. The molecule has 0 atom stereocenters. The first-order valence-electron chi connectivity index (χ1n) is 16.0. The number of pyridine rings is 1. The van der Waals surface area contributed by atoms with Crippen molar-refractivity contribution < 1.29 is 18.7 Å². The molecule has 0 bridgehead atoms. The van der Waals surface area contributed by atoms with Crippen LogP contribution in [0.3, 0.4) is 0 Å². The Morgan fingerprint density at radius 2 is 1.72 bits per heavy atom. The standard InChI is InChI=1S/C34H38F2N6O5/c1-3-20-16-22(9-6-19(20)2)37-25-18-26(43)42(34(47)38-25)11-5-4-10-40-12-14-41(15-13-40)31-24(35)17-23-30(28(31)36)39-29(21-7-8-21)27(32(23)44)33(45)46/h6,9,16-18,21,37H,3-5,7-8,10-15H2,1-2H3,(H,38,47)(H,39,44)(H,45,46). The van der Waals surface area contributed by atoms with Crippen LogP contribution in [0.2, 0.25) is 0 Å². The molecular weight excluding hydrogens is 610 g/mol. The monoisotopic (exact) mass is 648 g/mol. The van der Waals surface area contributed by atoms with Gasteiger partial charge < -0.3 is 20.3 Å². The van der Waals surface area contributed by atoms with Crippen LogP contribution in [0.4, 0.5) is 26.0 Å². The van der Waals surface area contributed by atoms with Gasteiger partial charge in [0.05, 0.1) is 10.9 Å². The number of piperazine rings is 1. The first kappa shape index (κ1) is 32.2. The van der Waals surface area contributed by atoms with Crippen molar-refractivity contribution in [3.63, 3.8) is 0 Å². The third kappa shape index (κ3) is 6.57. The molecule has 0 radical (unpaired) electrons. The molecule has 11 nitrogen and oxygen atoms in total. The number of nitrogens with zero attached hydrogens (tertiary/aromatic N) is 3. The second-order valence-corrected chi connectivity index (χ2v) is 12.4. The Morgan fingerprint density at radius 3 is 2.38 bits per heavy atom. The molecule has 3 heterocycles. The number of carboxylic acids is 1. The first-order chi connectivity index (χ1) is 22.5. The van der Waals surface area contributed by atoms with Crippen LogP contribution in [0, 0.1) is 18.6 Å². The van der Waals surface area contributed by atoms with E-state index >= 15 is 8.78 Å². The van der Waals surface area contributed by atoms with Gasteiger partial charge in [0, 0.05) is 56.1 Å². The maximum atomic E-state index is 15.8. The number of carbonyl (C=O) groups is 1. The molecule has 47 heavy (non-hydrogen) atoms. The highest BCUT2D eigenvalue weighted by Crippen LogP contribution is 2.41. The number of benzene rings is 2. The number of rotatable bonds is 11. The molecule has 4 N–H and O–H groups in total. The van der Waals surface area contributed by atoms with Crippen molar-refractivity contribution in [1.82, 2.24) is 19.4 Å². The fourth-order valence-corrected chi connectivity index (χ4v) is 6.43. The minimum atomic E-state index is -1.41. The van der Waals surface area contributed by atoms with Crippen molar-refractivity contribution in [3.8, 4) is 0 Å². The van der Waals surface area contributed by atoms with Gasteiger partial charge in [0.25, 0.3) is 5.56 Å². The summed E-state index contributed by atoms with van der Waals surface area (Å²) in [5.74, 6) is -3.04. The lowest BCUT2D eigenvalue weighted by molar-refractivity contribution is 0.0694. The Bertz CT molecular complexity index is 1990. The van der Waals surface area contributed by atoms with E-state index in [0.717, 1.165) is 18.2 Å². The third-order valence-electron chi connectivity index (χ3n) is 9.22. The molecule has 2 aromatic carbocycles. The maximum Gasteiger partial charge on any atom is 0.341 e. The Balaban J connectivity index is 1.05. The van der Waals surface area contributed by atoms with Crippen LogP contribution in [0.25, 0.3) is 10.9 Å². The number of unbranched alkanes of at least 4 members (excludes halogenated alkanes) is 1. The van der Waals surface area contributed by atoms with Crippen LogP contribution in [0.1, 0.15) is 65.7 Å². The molecule has 1 saturated heterocycles. The van der Waals surface area contributed by atoms with Crippen LogP contribution < -0.4 is 26.9 Å². The van der Waals surface area contributed by atoms with E-state index in [1.54, 1.807) is 4.90 Å². The van der Waals surface area contributed by atoms with Gasteiger partial charge in [0.2, 0.25) is 5.43 Å². The number of carboxylic acid groups (broad SMARTS) is 1. The molecule has 2 aliphatic rings. The van der Waals surface area contributed by atoms with Crippen molar-refractivity contribution in [3.05, 3.63) is 95.4 Å². The molecule has 0 spiro atoms. The van der Waals surface area contributed by atoms with E-state index in [1.165, 1.54) is 21.8 Å². The van der Waals surface area contributed by atoms with E-state index in [-0.39, 0.29) is 34.7 Å². The van der Waals surface area contributed by atoms with Crippen LogP contribution >= 0.6 is 0 Å². The lowest BCUT2D eigenvalue weighted by Gasteiger charge is -2.36. The van der Waals surface area contributed by atoms with Gasteiger partial charge in [-0.05, 0) is 74.9 Å². The van der Waals surface area contributed by atoms with Crippen LogP contribution in [0.5, 0.6) is 0 Å². The van der Waals surface area contributed by atoms with Gasteiger partial charge in [0.1, 0.15) is 22.9 Å². The summed E-state index contributed by atoms with van der Waals surface area (Å²) in [5.41, 5.74) is 0.725. The molecule has 1 aliphatic heterocycles. The average molecular weight is 649 g/mol. The Labute approximate surface area is 268 Å². The summed E-state index contributed by atoms with van der Waals surface area (Å²) in [6, 6.07) is 8.20. The number of hydrogen-bond donors (Lipinski definition) is 4. The molecule has 1 aliphatic carbocycles. The van der Waals surface area contributed by atoms with E-state index in [0.29, 0.717) is 64.2 Å². The van der Waals surface area contributed by atoms with Crippen molar-refractivity contribution >= 4 is 34.1 Å². The van der Waals surface area contributed by atoms with Crippen molar-refractivity contribution in [1.29, 1.82) is 0 Å². The first-order valence-corrected chi connectivity index (χ1v) is 16.0. The topological polar surface area (TPSA) is 144 Å².